The van der Waals surface area contributed by atoms with Crippen LogP contribution in [0.5, 0.6) is 0 Å². The van der Waals surface area contributed by atoms with Gasteiger partial charge in [0.1, 0.15) is 5.82 Å². The molecule has 1 aromatic carbocycles. The van der Waals surface area contributed by atoms with Gasteiger partial charge in [0.25, 0.3) is 0 Å². The van der Waals surface area contributed by atoms with Crippen LogP contribution in [0.2, 0.25) is 0 Å². The van der Waals surface area contributed by atoms with Gasteiger partial charge in [-0.25, -0.2) is 0 Å². The van der Waals surface area contributed by atoms with E-state index in [9.17, 15) is 0 Å². The van der Waals surface area contributed by atoms with Crippen molar-refractivity contribution in [1.29, 1.82) is 0 Å². The van der Waals surface area contributed by atoms with Gasteiger partial charge in [-0.05, 0) is 67.5 Å². The molecule has 0 aliphatic carbocycles. The van der Waals surface area contributed by atoms with Crippen LogP contribution in [0.4, 0.5) is 0 Å². The van der Waals surface area contributed by atoms with Gasteiger partial charge in [-0.2, -0.15) is 10.2 Å². The first kappa shape index (κ1) is 17.1. The Labute approximate surface area is 154 Å². The third-order valence-electron chi connectivity index (χ3n) is 4.18. The number of benzene rings is 1. The van der Waals surface area contributed by atoms with E-state index in [0.717, 1.165) is 40.3 Å². The molecule has 0 bridgehead atoms. The minimum atomic E-state index is 0.617. The number of aryl methyl sites for hydroxylation is 5. The number of hydrogen-bond donors (Lipinski definition) is 1. The summed E-state index contributed by atoms with van der Waals surface area (Å²) in [5.41, 5.74) is 5.62. The molecular weight excluding hydrogens is 386 g/mol. The van der Waals surface area contributed by atoms with Gasteiger partial charge < -0.3 is 0 Å². The predicted octanol–water partition coefficient (Wildman–Crippen LogP) is 4.37. The molecule has 0 saturated heterocycles. The fourth-order valence-electron chi connectivity index (χ4n) is 2.90. The Kier molecular flexibility index (Phi) is 4.73. The van der Waals surface area contributed by atoms with Crippen LogP contribution in [0.1, 0.15) is 28.3 Å². The zero-order valence-corrected chi connectivity index (χ0v) is 16.6. The van der Waals surface area contributed by atoms with E-state index in [0.29, 0.717) is 4.77 Å². The van der Waals surface area contributed by atoms with E-state index in [1.54, 1.807) is 0 Å². The van der Waals surface area contributed by atoms with Crippen LogP contribution in [0, 0.1) is 32.5 Å². The molecule has 24 heavy (non-hydrogen) atoms. The lowest BCUT2D eigenvalue weighted by Gasteiger charge is -2.11. The number of nitrogens with zero attached hydrogens (tertiary/aromatic N) is 4. The van der Waals surface area contributed by atoms with Crippen LogP contribution >= 0.6 is 28.1 Å². The number of H-pyrrole nitrogens is 1. The molecule has 0 amide bonds. The summed E-state index contributed by atoms with van der Waals surface area (Å²) in [4.78, 5) is 0. The van der Waals surface area contributed by atoms with Crippen molar-refractivity contribution in [1.82, 2.24) is 24.5 Å². The predicted molar refractivity (Wildman–Crippen MR) is 101 cm³/mol. The maximum Gasteiger partial charge on any atom is 0.199 e. The zero-order chi connectivity index (χ0) is 17.4. The van der Waals surface area contributed by atoms with Crippen molar-refractivity contribution in [3.05, 3.63) is 55.8 Å². The summed E-state index contributed by atoms with van der Waals surface area (Å²) in [6.07, 6.45) is 0.745. The van der Waals surface area contributed by atoms with Crippen LogP contribution < -0.4 is 0 Å². The molecule has 5 nitrogen and oxygen atoms in total. The van der Waals surface area contributed by atoms with Crippen LogP contribution in [0.15, 0.2) is 22.7 Å². The molecule has 0 atom stereocenters. The van der Waals surface area contributed by atoms with Crippen molar-refractivity contribution < 1.29 is 0 Å². The minimum Gasteiger partial charge on any atom is -0.272 e. The molecule has 2 aromatic heterocycles. The summed E-state index contributed by atoms with van der Waals surface area (Å²) in [5.74, 6) is 0.913. The van der Waals surface area contributed by atoms with Crippen molar-refractivity contribution in [3.63, 3.8) is 0 Å². The summed E-state index contributed by atoms with van der Waals surface area (Å²) in [5, 5.41) is 11.9. The highest BCUT2D eigenvalue weighted by molar-refractivity contribution is 9.10. The fourth-order valence-corrected chi connectivity index (χ4v) is 3.43. The maximum atomic E-state index is 5.44. The summed E-state index contributed by atoms with van der Waals surface area (Å²) in [6, 6.07) is 6.35. The lowest BCUT2D eigenvalue weighted by molar-refractivity contribution is 0.576. The van der Waals surface area contributed by atoms with Crippen molar-refractivity contribution in [2.75, 3.05) is 0 Å². The minimum absolute atomic E-state index is 0.617. The number of nitrogens with one attached hydrogen (secondary N) is 1. The lowest BCUT2D eigenvalue weighted by Crippen LogP contribution is -2.10. The van der Waals surface area contributed by atoms with Gasteiger partial charge in [-0.3, -0.25) is 14.3 Å². The first-order valence-electron chi connectivity index (χ1n) is 7.82. The van der Waals surface area contributed by atoms with Gasteiger partial charge in [0, 0.05) is 18.7 Å². The van der Waals surface area contributed by atoms with E-state index in [4.69, 9.17) is 12.2 Å². The standard InChI is InChI=1S/C17H20BrN5S/c1-10-5-6-14(11(2)9-10)23-15(19-20-17(23)24)7-8-22-13(4)16(18)12(3)21-22/h5-6,9H,7-8H2,1-4H3,(H,20,24). The first-order chi connectivity index (χ1) is 11.4. The van der Waals surface area contributed by atoms with Crippen molar-refractivity contribution >= 4 is 28.1 Å². The van der Waals surface area contributed by atoms with Crippen LogP contribution in [-0.2, 0) is 13.0 Å². The van der Waals surface area contributed by atoms with E-state index in [-0.39, 0.29) is 0 Å². The summed E-state index contributed by atoms with van der Waals surface area (Å²) >= 11 is 9.01. The lowest BCUT2D eigenvalue weighted by atomic mass is 10.1. The van der Waals surface area contributed by atoms with Gasteiger partial charge in [-0.1, -0.05) is 17.7 Å². The largest absolute Gasteiger partial charge is 0.272 e. The molecule has 1 N–H and O–H groups in total. The van der Waals surface area contributed by atoms with Crippen molar-refractivity contribution in [3.8, 4) is 5.69 Å². The van der Waals surface area contributed by atoms with E-state index in [2.05, 4.69) is 70.2 Å². The topological polar surface area (TPSA) is 51.4 Å². The molecule has 7 heteroatoms. The number of rotatable bonds is 4. The molecule has 3 rings (SSSR count). The van der Waals surface area contributed by atoms with Gasteiger partial charge in [0.2, 0.25) is 0 Å². The normalized spacial score (nSPS) is 11.2. The third-order valence-corrected chi connectivity index (χ3v) is 5.60. The van der Waals surface area contributed by atoms with Crippen LogP contribution in [-0.4, -0.2) is 24.5 Å². The molecule has 0 saturated carbocycles. The Morgan fingerprint density at radius 3 is 2.58 bits per heavy atom. The second-order valence-corrected chi connectivity index (χ2v) is 7.21. The Morgan fingerprint density at radius 1 is 1.21 bits per heavy atom. The van der Waals surface area contributed by atoms with E-state index in [1.807, 2.05) is 16.2 Å². The average Bonchev–Trinajstić information content (AvgIpc) is 3.01. The maximum absolute atomic E-state index is 5.44. The molecule has 0 radical (unpaired) electrons. The Morgan fingerprint density at radius 2 is 1.96 bits per heavy atom. The molecule has 3 aromatic rings. The molecule has 0 aliphatic rings. The van der Waals surface area contributed by atoms with Crippen molar-refractivity contribution in [2.24, 2.45) is 0 Å². The van der Waals surface area contributed by atoms with E-state index < -0.39 is 0 Å². The second-order valence-electron chi connectivity index (χ2n) is 6.03. The second kappa shape index (κ2) is 6.64. The Hall–Kier alpha value is -1.73. The number of aromatic amines is 1. The summed E-state index contributed by atoms with van der Waals surface area (Å²) in [6.45, 7) is 9.00. The average molecular weight is 406 g/mol. The highest BCUT2D eigenvalue weighted by Gasteiger charge is 2.13. The Bertz CT molecular complexity index is 951. The number of hydrogen-bond acceptors (Lipinski definition) is 3. The van der Waals surface area contributed by atoms with Gasteiger partial charge in [0.05, 0.1) is 15.9 Å². The number of aromatic nitrogens is 5. The SMILES string of the molecule is Cc1ccc(-n2c(CCn3nc(C)c(Br)c3C)n[nH]c2=S)c(C)c1. The Balaban J connectivity index is 1.93. The monoisotopic (exact) mass is 405 g/mol. The quantitative estimate of drug-likeness (QED) is 0.655. The fraction of sp³-hybridized carbons (Fsp3) is 0.353. The van der Waals surface area contributed by atoms with Crippen LogP contribution in [0.3, 0.4) is 0 Å². The molecule has 126 valence electrons. The smallest absolute Gasteiger partial charge is 0.199 e. The van der Waals surface area contributed by atoms with E-state index in [1.165, 1.54) is 11.1 Å². The molecule has 0 fully saturated rings. The van der Waals surface area contributed by atoms with Crippen molar-refractivity contribution in [2.45, 2.75) is 40.7 Å². The zero-order valence-electron chi connectivity index (χ0n) is 14.2. The molecule has 0 aliphatic heterocycles. The number of halogens is 1. The summed E-state index contributed by atoms with van der Waals surface area (Å²) < 4.78 is 5.70. The third kappa shape index (κ3) is 3.10. The van der Waals surface area contributed by atoms with Crippen LogP contribution in [0.25, 0.3) is 5.69 Å². The molecule has 2 heterocycles. The van der Waals surface area contributed by atoms with Gasteiger partial charge in [-0.15, -0.1) is 0 Å². The molecular formula is C17H20BrN5S. The van der Waals surface area contributed by atoms with E-state index >= 15 is 0 Å². The summed E-state index contributed by atoms with van der Waals surface area (Å²) in [7, 11) is 0. The first-order valence-corrected chi connectivity index (χ1v) is 9.02. The highest BCUT2D eigenvalue weighted by Crippen LogP contribution is 2.21. The molecule has 0 unspecified atom stereocenters. The van der Waals surface area contributed by atoms with Gasteiger partial charge >= 0.3 is 0 Å². The molecule has 0 spiro atoms. The highest BCUT2D eigenvalue weighted by atomic mass is 79.9. The van der Waals surface area contributed by atoms with Gasteiger partial charge in [0.15, 0.2) is 4.77 Å².